The van der Waals surface area contributed by atoms with Crippen molar-refractivity contribution in [3.05, 3.63) is 36.0 Å². The number of benzene rings is 1. The van der Waals surface area contributed by atoms with Gasteiger partial charge in [0.05, 0.1) is 6.04 Å². The van der Waals surface area contributed by atoms with Crippen molar-refractivity contribution in [3.8, 4) is 0 Å². The van der Waals surface area contributed by atoms with Gasteiger partial charge in [-0.2, -0.15) is 18.7 Å². The van der Waals surface area contributed by atoms with Gasteiger partial charge in [0, 0.05) is 23.5 Å². The molecule has 1 aliphatic heterocycles. The van der Waals surface area contributed by atoms with Crippen molar-refractivity contribution in [2.24, 2.45) is 0 Å². The van der Waals surface area contributed by atoms with Crippen molar-refractivity contribution in [3.63, 3.8) is 0 Å². The Labute approximate surface area is 106 Å². The number of aliphatic hydroxyl groups is 1. The molecule has 2 heterocycles. The zero-order valence-corrected chi connectivity index (χ0v) is 9.66. The number of aromatic nitrogens is 1. The Morgan fingerprint density at radius 2 is 2.05 bits per heavy atom. The number of para-hydroxylation sites is 1. The highest BCUT2D eigenvalue weighted by Crippen LogP contribution is 2.43. The number of nitrogens with one attached hydrogen (secondary N) is 2. The Kier molecular flexibility index (Phi) is 2.60. The second kappa shape index (κ2) is 3.96. The molecule has 1 aliphatic rings. The molecule has 7 heteroatoms. The van der Waals surface area contributed by atoms with E-state index in [4.69, 9.17) is 0 Å². The minimum Gasteiger partial charge on any atom is -0.361 e. The smallest absolute Gasteiger partial charge is 0.361 e. The number of H-pyrrole nitrogens is 1. The molecule has 3 rings (SSSR count). The summed E-state index contributed by atoms with van der Waals surface area (Å²) >= 11 is 0. The lowest BCUT2D eigenvalue weighted by Crippen LogP contribution is -2.45. The average molecular weight is 272 g/mol. The van der Waals surface area contributed by atoms with E-state index in [0.717, 1.165) is 10.9 Å². The molecule has 0 unspecified atom stereocenters. The summed E-state index contributed by atoms with van der Waals surface area (Å²) in [5, 5.41) is 10.3. The maximum Gasteiger partial charge on any atom is 0.444 e. The summed E-state index contributed by atoms with van der Waals surface area (Å²) in [4.78, 5) is 7.33. The molecule has 0 amide bonds. The number of rotatable bonds is 1. The highest BCUT2D eigenvalue weighted by Gasteiger charge is 2.60. The summed E-state index contributed by atoms with van der Waals surface area (Å²) < 4.78 is 38.0. The number of hydroxylamine groups is 1. The third-order valence-electron chi connectivity index (χ3n) is 3.29. The molecule has 2 atom stereocenters. The van der Waals surface area contributed by atoms with Crippen molar-refractivity contribution in [1.82, 2.24) is 10.5 Å². The van der Waals surface area contributed by atoms with Crippen LogP contribution < -0.4 is 5.48 Å². The van der Waals surface area contributed by atoms with E-state index in [0.29, 0.717) is 5.56 Å². The minimum atomic E-state index is -4.83. The minimum absolute atomic E-state index is 0.585. The Bertz CT molecular complexity index is 610. The lowest BCUT2D eigenvalue weighted by molar-refractivity contribution is -0.361. The third kappa shape index (κ3) is 1.90. The molecule has 1 saturated heterocycles. The SMILES string of the molecule is O[C@]1(C(F)(F)F)C[C@@H](c2c[nH]c3ccccc23)NO1. The second-order valence-electron chi connectivity index (χ2n) is 4.55. The zero-order valence-electron chi connectivity index (χ0n) is 9.66. The van der Waals surface area contributed by atoms with Crippen LogP contribution in [0.15, 0.2) is 30.5 Å². The molecule has 1 aromatic carbocycles. The largest absolute Gasteiger partial charge is 0.444 e. The average Bonchev–Trinajstić information content (AvgIpc) is 2.92. The number of aromatic amines is 1. The van der Waals surface area contributed by atoms with Gasteiger partial charge in [-0.25, -0.2) is 0 Å². The fourth-order valence-electron chi connectivity index (χ4n) is 2.26. The van der Waals surface area contributed by atoms with E-state index < -0.39 is 24.4 Å². The van der Waals surface area contributed by atoms with Crippen LogP contribution in [0.25, 0.3) is 10.9 Å². The van der Waals surface area contributed by atoms with Crippen LogP contribution in [0.5, 0.6) is 0 Å². The van der Waals surface area contributed by atoms with Crippen LogP contribution in [0.3, 0.4) is 0 Å². The van der Waals surface area contributed by atoms with Gasteiger partial charge in [0.1, 0.15) is 0 Å². The first kappa shape index (κ1) is 12.5. The van der Waals surface area contributed by atoms with Crippen molar-refractivity contribution in [2.45, 2.75) is 24.4 Å². The fourth-order valence-corrected chi connectivity index (χ4v) is 2.26. The van der Waals surface area contributed by atoms with E-state index in [1.54, 1.807) is 18.3 Å². The number of halogens is 3. The van der Waals surface area contributed by atoms with E-state index in [2.05, 4.69) is 15.3 Å². The predicted molar refractivity (Wildman–Crippen MR) is 60.9 cm³/mol. The molecule has 102 valence electrons. The summed E-state index contributed by atoms with van der Waals surface area (Å²) in [6.45, 7) is 0. The standard InChI is InChI=1S/C12H11F3N2O2/c13-12(14,15)11(18)5-10(17-19-11)8-6-16-9-4-2-1-3-7(8)9/h1-4,6,10,16-18H,5H2/t10-,11+/m0/s1. The van der Waals surface area contributed by atoms with Crippen LogP contribution in [-0.4, -0.2) is 22.1 Å². The van der Waals surface area contributed by atoms with Crippen LogP contribution in [0, 0.1) is 0 Å². The Hall–Kier alpha value is -1.57. The van der Waals surface area contributed by atoms with Gasteiger partial charge >= 0.3 is 6.18 Å². The lowest BCUT2D eigenvalue weighted by atomic mass is 10.00. The van der Waals surface area contributed by atoms with Gasteiger partial charge in [0.2, 0.25) is 0 Å². The van der Waals surface area contributed by atoms with E-state index in [-0.39, 0.29) is 0 Å². The van der Waals surface area contributed by atoms with Gasteiger partial charge in [0.15, 0.2) is 0 Å². The number of hydrogen-bond donors (Lipinski definition) is 3. The fraction of sp³-hybridized carbons (Fsp3) is 0.333. The Morgan fingerprint density at radius 1 is 1.32 bits per heavy atom. The molecular weight excluding hydrogens is 261 g/mol. The maximum atomic E-state index is 12.7. The molecule has 19 heavy (non-hydrogen) atoms. The summed E-state index contributed by atoms with van der Waals surface area (Å²) in [7, 11) is 0. The zero-order chi connectivity index (χ0) is 13.7. The van der Waals surface area contributed by atoms with Crippen LogP contribution >= 0.6 is 0 Å². The maximum absolute atomic E-state index is 12.7. The monoisotopic (exact) mass is 272 g/mol. The Morgan fingerprint density at radius 3 is 2.74 bits per heavy atom. The van der Waals surface area contributed by atoms with Gasteiger partial charge in [-0.1, -0.05) is 18.2 Å². The summed E-state index contributed by atoms with van der Waals surface area (Å²) in [5.41, 5.74) is 3.71. The van der Waals surface area contributed by atoms with E-state index in [9.17, 15) is 18.3 Å². The quantitative estimate of drug-likeness (QED) is 0.747. The van der Waals surface area contributed by atoms with Crippen molar-refractivity contribution in [1.29, 1.82) is 0 Å². The molecule has 2 aromatic rings. The van der Waals surface area contributed by atoms with Crippen LogP contribution in [-0.2, 0) is 4.84 Å². The van der Waals surface area contributed by atoms with Gasteiger partial charge < -0.3 is 10.1 Å². The van der Waals surface area contributed by atoms with E-state index >= 15 is 0 Å². The van der Waals surface area contributed by atoms with Crippen LogP contribution in [0.2, 0.25) is 0 Å². The molecular formula is C12H11F3N2O2. The topological polar surface area (TPSA) is 57.3 Å². The normalized spacial score (nSPS) is 28.1. The van der Waals surface area contributed by atoms with Gasteiger partial charge in [-0.3, -0.25) is 4.84 Å². The second-order valence-corrected chi connectivity index (χ2v) is 4.55. The number of hydrogen-bond acceptors (Lipinski definition) is 3. The summed E-state index contributed by atoms with van der Waals surface area (Å²) in [6, 6.07) is 6.53. The summed E-state index contributed by atoms with van der Waals surface area (Å²) in [6.07, 6.45) is -3.80. The van der Waals surface area contributed by atoms with Crippen molar-refractivity contribution >= 4 is 10.9 Å². The predicted octanol–water partition coefficient (Wildman–Crippen LogP) is 2.38. The molecule has 1 fully saturated rings. The highest BCUT2D eigenvalue weighted by atomic mass is 19.4. The molecule has 3 N–H and O–H groups in total. The number of fused-ring (bicyclic) bond motifs is 1. The van der Waals surface area contributed by atoms with Crippen molar-refractivity contribution in [2.75, 3.05) is 0 Å². The molecule has 0 radical (unpaired) electrons. The third-order valence-corrected chi connectivity index (χ3v) is 3.29. The number of alkyl halides is 3. The molecule has 1 aromatic heterocycles. The molecule has 0 aliphatic carbocycles. The highest BCUT2D eigenvalue weighted by molar-refractivity contribution is 5.83. The van der Waals surface area contributed by atoms with Gasteiger partial charge in [-0.05, 0) is 11.6 Å². The van der Waals surface area contributed by atoms with Crippen LogP contribution in [0.4, 0.5) is 13.2 Å². The lowest BCUT2D eigenvalue weighted by Gasteiger charge is -2.22. The first-order valence-corrected chi connectivity index (χ1v) is 5.69. The summed E-state index contributed by atoms with van der Waals surface area (Å²) in [5.74, 6) is -3.14. The molecule has 0 bridgehead atoms. The first-order chi connectivity index (χ1) is 8.91. The van der Waals surface area contributed by atoms with Gasteiger partial charge in [0.25, 0.3) is 5.79 Å². The Balaban J connectivity index is 1.93. The van der Waals surface area contributed by atoms with E-state index in [1.807, 2.05) is 12.1 Å². The van der Waals surface area contributed by atoms with Crippen LogP contribution in [0.1, 0.15) is 18.0 Å². The van der Waals surface area contributed by atoms with Gasteiger partial charge in [-0.15, -0.1) is 0 Å². The molecule has 0 spiro atoms. The molecule has 0 saturated carbocycles. The van der Waals surface area contributed by atoms with E-state index in [1.165, 1.54) is 0 Å². The molecule has 4 nitrogen and oxygen atoms in total. The first-order valence-electron chi connectivity index (χ1n) is 5.69. The van der Waals surface area contributed by atoms with Crippen molar-refractivity contribution < 1.29 is 23.1 Å².